The number of hydrogen-bond acceptors (Lipinski definition) is 7. The molecule has 0 atom stereocenters. The fraction of sp³-hybridized carbons (Fsp3) is 0.263. The predicted molar refractivity (Wildman–Crippen MR) is 111 cm³/mol. The molecule has 0 aliphatic heterocycles. The summed E-state index contributed by atoms with van der Waals surface area (Å²) in [4.78, 5) is 36.6. The average Bonchev–Trinajstić information content (AvgIpc) is 3.26. The molecule has 0 saturated carbocycles. The van der Waals surface area contributed by atoms with E-state index in [-0.39, 0.29) is 11.8 Å². The summed E-state index contributed by atoms with van der Waals surface area (Å²) in [5, 5.41) is 10.3. The maximum atomic E-state index is 12.5. The van der Waals surface area contributed by atoms with E-state index >= 15 is 0 Å². The molecule has 0 fully saturated rings. The lowest BCUT2D eigenvalue weighted by atomic mass is 10.1. The molecule has 29 heavy (non-hydrogen) atoms. The van der Waals surface area contributed by atoms with Crippen LogP contribution in [0.1, 0.15) is 30.3 Å². The van der Waals surface area contributed by atoms with Crippen LogP contribution in [0.2, 0.25) is 0 Å². The molecule has 0 unspecified atom stereocenters. The Morgan fingerprint density at radius 1 is 1.17 bits per heavy atom. The minimum atomic E-state index is -0.133. The molecule has 1 aromatic carbocycles. The highest BCUT2D eigenvalue weighted by Crippen LogP contribution is 2.28. The second-order valence-corrected chi connectivity index (χ2v) is 7.69. The number of nitrogens with one attached hydrogen (secondary N) is 2. The lowest BCUT2D eigenvalue weighted by molar-refractivity contribution is -0.116. The monoisotopic (exact) mass is 409 g/mol. The van der Waals surface area contributed by atoms with Gasteiger partial charge in [-0.2, -0.15) is 10.1 Å². The second kappa shape index (κ2) is 7.55. The zero-order chi connectivity index (χ0) is 20.5. The van der Waals surface area contributed by atoms with Crippen LogP contribution in [0.15, 0.2) is 24.5 Å². The lowest BCUT2D eigenvalue weighted by Crippen LogP contribution is -2.14. The van der Waals surface area contributed by atoms with Crippen LogP contribution in [0, 0.1) is 13.8 Å². The first-order chi connectivity index (χ1) is 13.9. The number of hydrogen-bond donors (Lipinski definition) is 2. The number of aryl methyl sites for hydroxylation is 2. The first-order valence-corrected chi connectivity index (χ1v) is 9.86. The van der Waals surface area contributed by atoms with Crippen LogP contribution < -0.4 is 10.6 Å². The Bertz CT molecular complexity index is 1240. The number of benzene rings is 1. The van der Waals surface area contributed by atoms with Gasteiger partial charge in [0.2, 0.25) is 11.8 Å². The van der Waals surface area contributed by atoms with Gasteiger partial charge in [-0.25, -0.2) is 14.5 Å². The van der Waals surface area contributed by atoms with Crippen LogP contribution in [-0.2, 0) is 16.0 Å². The van der Waals surface area contributed by atoms with Crippen molar-refractivity contribution in [3.8, 4) is 0 Å². The SMILES string of the molecule is CC(=O)Nc1ccc2nc(NC(=O)CCc3c(C)nc4ncnn4c3C)sc2c1. The van der Waals surface area contributed by atoms with Crippen molar-refractivity contribution in [2.75, 3.05) is 10.6 Å². The van der Waals surface area contributed by atoms with Gasteiger partial charge in [0.15, 0.2) is 5.13 Å². The number of carbonyl (C=O) groups is 2. The Balaban J connectivity index is 1.45. The van der Waals surface area contributed by atoms with Gasteiger partial charge in [-0.15, -0.1) is 0 Å². The van der Waals surface area contributed by atoms with Gasteiger partial charge < -0.3 is 10.6 Å². The number of nitrogens with zero attached hydrogens (tertiary/aromatic N) is 5. The first kappa shape index (κ1) is 18.9. The number of fused-ring (bicyclic) bond motifs is 2. The van der Waals surface area contributed by atoms with E-state index in [2.05, 4.69) is 30.7 Å². The molecule has 0 aliphatic rings. The molecule has 0 bridgehead atoms. The van der Waals surface area contributed by atoms with Gasteiger partial charge >= 0.3 is 0 Å². The molecule has 0 spiro atoms. The van der Waals surface area contributed by atoms with Crippen LogP contribution in [0.3, 0.4) is 0 Å². The number of aromatic nitrogens is 5. The van der Waals surface area contributed by atoms with E-state index in [9.17, 15) is 9.59 Å². The van der Waals surface area contributed by atoms with Gasteiger partial charge in [0.05, 0.1) is 10.2 Å². The second-order valence-electron chi connectivity index (χ2n) is 6.66. The van der Waals surface area contributed by atoms with Crippen LogP contribution in [0.5, 0.6) is 0 Å². The summed E-state index contributed by atoms with van der Waals surface area (Å²) in [6, 6.07) is 5.45. The van der Waals surface area contributed by atoms with E-state index in [4.69, 9.17) is 0 Å². The molecule has 0 aliphatic carbocycles. The highest BCUT2D eigenvalue weighted by Gasteiger charge is 2.14. The molecule has 4 aromatic rings. The topological polar surface area (TPSA) is 114 Å². The minimum absolute atomic E-state index is 0.122. The first-order valence-electron chi connectivity index (χ1n) is 9.04. The molecule has 148 valence electrons. The van der Waals surface area contributed by atoms with E-state index in [1.54, 1.807) is 10.6 Å². The Morgan fingerprint density at radius 2 is 2.00 bits per heavy atom. The quantitative estimate of drug-likeness (QED) is 0.524. The van der Waals surface area contributed by atoms with Crippen molar-refractivity contribution in [3.63, 3.8) is 0 Å². The fourth-order valence-corrected chi connectivity index (χ4v) is 4.12. The molecule has 0 saturated heterocycles. The van der Waals surface area contributed by atoms with Crippen LogP contribution in [-0.4, -0.2) is 36.4 Å². The molecule has 2 N–H and O–H groups in total. The van der Waals surface area contributed by atoms with Gasteiger partial charge in [0, 0.05) is 30.4 Å². The summed E-state index contributed by atoms with van der Waals surface area (Å²) in [5.41, 5.74) is 4.24. The van der Waals surface area contributed by atoms with Crippen molar-refractivity contribution < 1.29 is 9.59 Å². The summed E-state index contributed by atoms with van der Waals surface area (Å²) in [5.74, 6) is 0.302. The van der Waals surface area contributed by atoms with E-state index in [1.807, 2.05) is 26.0 Å². The summed E-state index contributed by atoms with van der Waals surface area (Å²) in [6.45, 7) is 5.32. The molecule has 2 amide bonds. The molecular weight excluding hydrogens is 390 g/mol. The number of rotatable bonds is 5. The molecule has 3 heterocycles. The summed E-state index contributed by atoms with van der Waals surface area (Å²) >= 11 is 1.37. The van der Waals surface area contributed by atoms with Crippen molar-refractivity contribution in [3.05, 3.63) is 41.5 Å². The average molecular weight is 409 g/mol. The lowest BCUT2D eigenvalue weighted by Gasteiger charge is -2.10. The maximum absolute atomic E-state index is 12.5. The van der Waals surface area contributed by atoms with Crippen molar-refractivity contribution in [2.45, 2.75) is 33.6 Å². The van der Waals surface area contributed by atoms with E-state index in [1.165, 1.54) is 24.6 Å². The molecule has 9 nitrogen and oxygen atoms in total. The summed E-state index contributed by atoms with van der Waals surface area (Å²) in [7, 11) is 0. The predicted octanol–water partition coefficient (Wildman–Crippen LogP) is 2.88. The Kier molecular flexibility index (Phi) is 4.93. The van der Waals surface area contributed by atoms with Gasteiger partial charge in [-0.1, -0.05) is 11.3 Å². The Hall–Kier alpha value is -3.40. The highest BCUT2D eigenvalue weighted by molar-refractivity contribution is 7.22. The zero-order valence-electron chi connectivity index (χ0n) is 16.2. The number of anilines is 2. The Morgan fingerprint density at radius 3 is 2.79 bits per heavy atom. The molecule has 10 heteroatoms. The maximum Gasteiger partial charge on any atom is 0.252 e. The van der Waals surface area contributed by atoms with Crippen molar-refractivity contribution >= 4 is 50.0 Å². The third kappa shape index (κ3) is 3.92. The van der Waals surface area contributed by atoms with Gasteiger partial charge in [-0.3, -0.25) is 9.59 Å². The highest BCUT2D eigenvalue weighted by atomic mass is 32.1. The third-order valence-electron chi connectivity index (χ3n) is 4.55. The summed E-state index contributed by atoms with van der Waals surface area (Å²) < 4.78 is 2.57. The Labute approximate surface area is 170 Å². The number of thiazole rings is 1. The molecular formula is C19H19N7O2S. The standard InChI is InChI=1S/C19H19N7O2S/c1-10-14(11(2)26-18(22-10)20-9-21-26)5-7-17(28)25-19-24-15-6-4-13(23-12(3)27)8-16(15)29-19/h4,6,8-9H,5,7H2,1-3H3,(H,23,27)(H,24,25,28). The van der Waals surface area contributed by atoms with Crippen molar-refractivity contribution in [2.24, 2.45) is 0 Å². The van der Waals surface area contributed by atoms with Crippen LogP contribution >= 0.6 is 11.3 Å². The zero-order valence-corrected chi connectivity index (χ0v) is 17.0. The van der Waals surface area contributed by atoms with E-state index in [0.717, 1.165) is 27.2 Å². The summed E-state index contributed by atoms with van der Waals surface area (Å²) in [6.07, 6.45) is 2.32. The minimum Gasteiger partial charge on any atom is -0.326 e. The van der Waals surface area contributed by atoms with Gasteiger partial charge in [0.1, 0.15) is 6.33 Å². The smallest absolute Gasteiger partial charge is 0.252 e. The van der Waals surface area contributed by atoms with E-state index in [0.29, 0.717) is 29.4 Å². The van der Waals surface area contributed by atoms with Crippen LogP contribution in [0.25, 0.3) is 16.0 Å². The normalized spacial score (nSPS) is 11.1. The van der Waals surface area contributed by atoms with Gasteiger partial charge in [-0.05, 0) is 44.0 Å². The largest absolute Gasteiger partial charge is 0.326 e. The molecule has 4 rings (SSSR count). The molecule has 3 aromatic heterocycles. The molecule has 0 radical (unpaired) electrons. The van der Waals surface area contributed by atoms with Crippen LogP contribution in [0.4, 0.5) is 10.8 Å². The number of amides is 2. The van der Waals surface area contributed by atoms with Gasteiger partial charge in [0.25, 0.3) is 5.78 Å². The third-order valence-corrected chi connectivity index (χ3v) is 5.48. The van der Waals surface area contributed by atoms with Crippen molar-refractivity contribution in [1.82, 2.24) is 24.6 Å². The fourth-order valence-electron chi connectivity index (χ4n) is 3.20. The number of carbonyl (C=O) groups excluding carboxylic acids is 2. The van der Waals surface area contributed by atoms with E-state index < -0.39 is 0 Å². The van der Waals surface area contributed by atoms with Crippen molar-refractivity contribution in [1.29, 1.82) is 0 Å².